The van der Waals surface area contributed by atoms with Gasteiger partial charge in [0.05, 0.1) is 10.6 Å². The molecule has 1 fully saturated rings. The molecule has 1 aliphatic rings. The molecule has 0 radical (unpaired) electrons. The lowest BCUT2D eigenvalue weighted by atomic mass is 9.99. The predicted octanol–water partition coefficient (Wildman–Crippen LogP) is 3.29. The second-order valence-corrected chi connectivity index (χ2v) is 5.57. The summed E-state index contributed by atoms with van der Waals surface area (Å²) in [6.07, 6.45) is 4.45. The molecular formula is C14H19BrFNO. The molecule has 1 saturated heterocycles. The third-order valence-corrected chi connectivity index (χ3v) is 4.37. The molecule has 1 N–H and O–H groups in total. The molecule has 2 rings (SSSR count). The Morgan fingerprint density at radius 3 is 3.06 bits per heavy atom. The third kappa shape index (κ3) is 3.53. The van der Waals surface area contributed by atoms with Crippen molar-refractivity contribution in [3.63, 3.8) is 0 Å². The summed E-state index contributed by atoms with van der Waals surface area (Å²) in [5.41, 5.74) is 1.01. The largest absolute Gasteiger partial charge is 0.378 e. The molecule has 2 unspecified atom stereocenters. The first kappa shape index (κ1) is 14.0. The highest BCUT2D eigenvalue weighted by Gasteiger charge is 2.21. The zero-order chi connectivity index (χ0) is 13.0. The SMILES string of the molecule is CNC(Cc1cccc(F)c1Br)CC1CCCO1. The molecule has 1 aromatic carbocycles. The molecule has 0 bridgehead atoms. The van der Waals surface area contributed by atoms with Gasteiger partial charge >= 0.3 is 0 Å². The molecule has 0 amide bonds. The Morgan fingerprint density at radius 2 is 2.39 bits per heavy atom. The number of nitrogens with one attached hydrogen (secondary N) is 1. The lowest BCUT2D eigenvalue weighted by Crippen LogP contribution is -2.31. The molecule has 100 valence electrons. The third-order valence-electron chi connectivity index (χ3n) is 3.48. The molecule has 2 atom stereocenters. The summed E-state index contributed by atoms with van der Waals surface area (Å²) >= 11 is 3.32. The number of benzene rings is 1. The van der Waals surface area contributed by atoms with Crippen molar-refractivity contribution in [1.82, 2.24) is 5.32 Å². The Morgan fingerprint density at radius 1 is 1.56 bits per heavy atom. The van der Waals surface area contributed by atoms with Crippen LogP contribution in [0.5, 0.6) is 0 Å². The van der Waals surface area contributed by atoms with Crippen LogP contribution >= 0.6 is 15.9 Å². The van der Waals surface area contributed by atoms with Crippen molar-refractivity contribution in [2.24, 2.45) is 0 Å². The highest BCUT2D eigenvalue weighted by atomic mass is 79.9. The molecule has 0 aliphatic carbocycles. The number of halogens is 2. The van der Waals surface area contributed by atoms with Gasteiger partial charge in [0.15, 0.2) is 0 Å². The molecule has 2 nitrogen and oxygen atoms in total. The van der Waals surface area contributed by atoms with Gasteiger partial charge in [-0.25, -0.2) is 4.39 Å². The van der Waals surface area contributed by atoms with Gasteiger partial charge in [0.25, 0.3) is 0 Å². The van der Waals surface area contributed by atoms with E-state index in [9.17, 15) is 4.39 Å². The van der Waals surface area contributed by atoms with Crippen LogP contribution in [0.1, 0.15) is 24.8 Å². The smallest absolute Gasteiger partial charge is 0.137 e. The zero-order valence-electron chi connectivity index (χ0n) is 10.6. The Balaban J connectivity index is 1.98. The quantitative estimate of drug-likeness (QED) is 0.900. The van der Waals surface area contributed by atoms with Crippen LogP contribution in [0.3, 0.4) is 0 Å². The topological polar surface area (TPSA) is 21.3 Å². The highest BCUT2D eigenvalue weighted by Crippen LogP contribution is 2.24. The van der Waals surface area contributed by atoms with E-state index in [-0.39, 0.29) is 5.82 Å². The fraction of sp³-hybridized carbons (Fsp3) is 0.571. The van der Waals surface area contributed by atoms with E-state index in [0.717, 1.165) is 37.9 Å². The summed E-state index contributed by atoms with van der Waals surface area (Å²) in [6.45, 7) is 0.880. The molecular weight excluding hydrogens is 297 g/mol. The lowest BCUT2D eigenvalue weighted by molar-refractivity contribution is 0.0954. The van der Waals surface area contributed by atoms with E-state index in [2.05, 4.69) is 21.2 Å². The van der Waals surface area contributed by atoms with E-state index in [4.69, 9.17) is 4.74 Å². The van der Waals surface area contributed by atoms with Crippen molar-refractivity contribution in [2.75, 3.05) is 13.7 Å². The van der Waals surface area contributed by atoms with Crippen molar-refractivity contribution >= 4 is 15.9 Å². The number of hydrogen-bond acceptors (Lipinski definition) is 2. The molecule has 0 aromatic heterocycles. The number of hydrogen-bond donors (Lipinski definition) is 1. The first-order valence-corrected chi connectivity index (χ1v) is 7.21. The van der Waals surface area contributed by atoms with Crippen molar-refractivity contribution in [1.29, 1.82) is 0 Å². The summed E-state index contributed by atoms with van der Waals surface area (Å²) in [5, 5.41) is 3.30. The minimum absolute atomic E-state index is 0.195. The Labute approximate surface area is 116 Å². The second-order valence-electron chi connectivity index (χ2n) is 4.77. The van der Waals surface area contributed by atoms with Gasteiger partial charge in [-0.2, -0.15) is 0 Å². The van der Waals surface area contributed by atoms with Crippen LogP contribution in [-0.4, -0.2) is 25.8 Å². The molecule has 4 heteroatoms. The fourth-order valence-corrected chi connectivity index (χ4v) is 2.85. The monoisotopic (exact) mass is 315 g/mol. The van der Waals surface area contributed by atoms with Crippen LogP contribution in [0.4, 0.5) is 4.39 Å². The van der Waals surface area contributed by atoms with Crippen molar-refractivity contribution < 1.29 is 9.13 Å². The van der Waals surface area contributed by atoms with Crippen LogP contribution in [0.15, 0.2) is 22.7 Å². The molecule has 1 heterocycles. The predicted molar refractivity (Wildman–Crippen MR) is 74.2 cm³/mol. The van der Waals surface area contributed by atoms with Crippen LogP contribution in [0.25, 0.3) is 0 Å². The van der Waals surface area contributed by atoms with E-state index >= 15 is 0 Å². The van der Waals surface area contributed by atoms with E-state index < -0.39 is 0 Å². The van der Waals surface area contributed by atoms with Crippen molar-refractivity contribution in [2.45, 2.75) is 37.8 Å². The van der Waals surface area contributed by atoms with E-state index in [1.807, 2.05) is 13.1 Å². The molecule has 1 aliphatic heterocycles. The van der Waals surface area contributed by atoms with Crippen LogP contribution < -0.4 is 5.32 Å². The summed E-state index contributed by atoms with van der Waals surface area (Å²) in [5.74, 6) is -0.195. The summed E-state index contributed by atoms with van der Waals surface area (Å²) in [7, 11) is 1.95. The second kappa shape index (κ2) is 6.64. The zero-order valence-corrected chi connectivity index (χ0v) is 12.2. The average Bonchev–Trinajstić information content (AvgIpc) is 2.86. The summed E-state index contributed by atoms with van der Waals surface area (Å²) in [6, 6.07) is 5.52. The molecule has 1 aromatic rings. The average molecular weight is 316 g/mol. The normalized spacial score (nSPS) is 21.2. The van der Waals surface area contributed by atoms with Crippen LogP contribution in [0.2, 0.25) is 0 Å². The van der Waals surface area contributed by atoms with Crippen LogP contribution in [-0.2, 0) is 11.2 Å². The summed E-state index contributed by atoms with van der Waals surface area (Å²) < 4.78 is 19.7. The van der Waals surface area contributed by atoms with Gasteiger partial charge in [0.2, 0.25) is 0 Å². The van der Waals surface area contributed by atoms with Gasteiger partial charge in [-0.15, -0.1) is 0 Å². The van der Waals surface area contributed by atoms with Crippen molar-refractivity contribution in [3.05, 3.63) is 34.1 Å². The number of likely N-dealkylation sites (N-methyl/N-ethyl adjacent to an activating group) is 1. The number of rotatable bonds is 5. The van der Waals surface area contributed by atoms with Gasteiger partial charge in [0.1, 0.15) is 5.82 Å². The van der Waals surface area contributed by atoms with E-state index in [1.165, 1.54) is 6.07 Å². The minimum Gasteiger partial charge on any atom is -0.378 e. The highest BCUT2D eigenvalue weighted by molar-refractivity contribution is 9.10. The van der Waals surface area contributed by atoms with Gasteiger partial charge in [-0.3, -0.25) is 0 Å². The summed E-state index contributed by atoms with van der Waals surface area (Å²) in [4.78, 5) is 0. The maximum absolute atomic E-state index is 13.4. The van der Waals surface area contributed by atoms with Gasteiger partial charge in [0, 0.05) is 12.6 Å². The molecule has 0 spiro atoms. The first-order valence-electron chi connectivity index (χ1n) is 6.42. The van der Waals surface area contributed by atoms with Crippen molar-refractivity contribution in [3.8, 4) is 0 Å². The number of ether oxygens (including phenoxy) is 1. The Bertz CT molecular complexity index is 393. The van der Waals surface area contributed by atoms with E-state index in [0.29, 0.717) is 16.6 Å². The maximum atomic E-state index is 13.4. The standard InChI is InChI=1S/C14H19BrFNO/c1-17-11(9-12-5-3-7-18-12)8-10-4-2-6-13(16)14(10)15/h2,4,6,11-12,17H,3,5,7-9H2,1H3. The van der Waals surface area contributed by atoms with Gasteiger partial charge < -0.3 is 10.1 Å². The fourth-order valence-electron chi connectivity index (χ4n) is 2.42. The lowest BCUT2D eigenvalue weighted by Gasteiger charge is -2.20. The van der Waals surface area contributed by atoms with E-state index in [1.54, 1.807) is 6.07 Å². The van der Waals surface area contributed by atoms with Gasteiger partial charge in [-0.05, 0) is 60.3 Å². The first-order chi connectivity index (χ1) is 8.70. The molecule has 18 heavy (non-hydrogen) atoms. The Hall–Kier alpha value is -0.450. The Kier molecular flexibility index (Phi) is 5.15. The van der Waals surface area contributed by atoms with Gasteiger partial charge in [-0.1, -0.05) is 12.1 Å². The molecule has 0 saturated carbocycles. The minimum atomic E-state index is -0.195. The maximum Gasteiger partial charge on any atom is 0.137 e. The van der Waals surface area contributed by atoms with Crippen LogP contribution in [0, 0.1) is 5.82 Å².